The van der Waals surface area contributed by atoms with Crippen LogP contribution in [0.3, 0.4) is 0 Å². The molecular weight excluding hydrogens is 242 g/mol. The van der Waals surface area contributed by atoms with Crippen molar-refractivity contribution in [2.45, 2.75) is 44.2 Å². The third-order valence-corrected chi connectivity index (χ3v) is 5.95. The van der Waals surface area contributed by atoms with Gasteiger partial charge in [0.1, 0.15) is 0 Å². The van der Waals surface area contributed by atoms with E-state index in [4.69, 9.17) is 11.2 Å². The Morgan fingerprint density at radius 1 is 1.39 bits per heavy atom. The first kappa shape index (κ1) is 12.8. The quantitative estimate of drug-likeness (QED) is 0.609. The van der Waals surface area contributed by atoms with E-state index >= 15 is 0 Å². The molecule has 0 aromatic rings. The number of thioether (sulfide) groups is 1. The van der Waals surface area contributed by atoms with Crippen LogP contribution in [-0.2, 0) is 4.74 Å². The molecule has 0 radical (unpaired) electrons. The minimum Gasteiger partial charge on any atom is -0.377 e. The van der Waals surface area contributed by atoms with E-state index in [9.17, 15) is 0 Å². The van der Waals surface area contributed by atoms with Crippen LogP contribution in [0.2, 0.25) is 0 Å². The van der Waals surface area contributed by atoms with Crippen molar-refractivity contribution in [1.29, 1.82) is 0 Å². The highest BCUT2D eigenvalue weighted by Crippen LogP contribution is 2.60. The standard InChI is InChI=1S/C15H23NOS/c1-2-10-18-11-8-16-13-12-5-9-17-14(12)15(13)6-3-4-7-15/h1,12-14,16H,3-11H2/t12-,13+,14-/m0/s1. The third-order valence-electron chi connectivity index (χ3n) is 5.08. The fourth-order valence-corrected chi connectivity index (χ4v) is 4.95. The van der Waals surface area contributed by atoms with E-state index in [1.165, 1.54) is 32.1 Å². The molecule has 2 saturated carbocycles. The van der Waals surface area contributed by atoms with Crippen LogP contribution in [0, 0.1) is 23.7 Å². The zero-order valence-corrected chi connectivity index (χ0v) is 11.8. The molecule has 3 heteroatoms. The smallest absolute Gasteiger partial charge is 0.0690 e. The van der Waals surface area contributed by atoms with Crippen LogP contribution in [0.15, 0.2) is 0 Å². The highest BCUT2D eigenvalue weighted by atomic mass is 32.2. The molecule has 0 aromatic carbocycles. The van der Waals surface area contributed by atoms with Gasteiger partial charge >= 0.3 is 0 Å². The molecule has 100 valence electrons. The highest BCUT2D eigenvalue weighted by molar-refractivity contribution is 7.99. The first-order chi connectivity index (χ1) is 8.88. The fourth-order valence-electron chi connectivity index (χ4n) is 4.43. The summed E-state index contributed by atoms with van der Waals surface area (Å²) in [6.45, 7) is 2.09. The van der Waals surface area contributed by atoms with Crippen LogP contribution in [0.4, 0.5) is 0 Å². The Morgan fingerprint density at radius 3 is 3.00 bits per heavy atom. The fraction of sp³-hybridized carbons (Fsp3) is 0.867. The maximum absolute atomic E-state index is 5.99. The molecule has 3 fully saturated rings. The predicted molar refractivity (Wildman–Crippen MR) is 76.7 cm³/mol. The van der Waals surface area contributed by atoms with E-state index in [1.807, 2.05) is 11.8 Å². The van der Waals surface area contributed by atoms with Crippen LogP contribution >= 0.6 is 11.8 Å². The number of fused-ring (bicyclic) bond motifs is 2. The Labute approximate surface area is 115 Å². The van der Waals surface area contributed by atoms with Crippen molar-refractivity contribution < 1.29 is 4.74 Å². The average Bonchev–Trinajstić information content (AvgIpc) is 3.01. The van der Waals surface area contributed by atoms with Gasteiger partial charge < -0.3 is 10.1 Å². The van der Waals surface area contributed by atoms with Gasteiger partial charge in [-0.05, 0) is 19.3 Å². The van der Waals surface area contributed by atoms with Crippen LogP contribution < -0.4 is 5.32 Å². The minimum atomic E-state index is 0.498. The summed E-state index contributed by atoms with van der Waals surface area (Å²) in [6, 6.07) is 0.721. The van der Waals surface area contributed by atoms with Crippen molar-refractivity contribution >= 4 is 11.8 Å². The second kappa shape index (κ2) is 5.45. The van der Waals surface area contributed by atoms with Gasteiger partial charge in [0.05, 0.1) is 11.9 Å². The van der Waals surface area contributed by atoms with Crippen LogP contribution in [0.5, 0.6) is 0 Å². The zero-order valence-electron chi connectivity index (χ0n) is 11.0. The number of terminal acetylenes is 1. The minimum absolute atomic E-state index is 0.498. The summed E-state index contributed by atoms with van der Waals surface area (Å²) >= 11 is 1.86. The van der Waals surface area contributed by atoms with Crippen molar-refractivity contribution in [2.75, 3.05) is 24.7 Å². The summed E-state index contributed by atoms with van der Waals surface area (Å²) in [5, 5.41) is 3.81. The molecule has 1 N–H and O–H groups in total. The van der Waals surface area contributed by atoms with Gasteiger partial charge in [-0.3, -0.25) is 0 Å². The molecule has 0 aromatic heterocycles. The van der Waals surface area contributed by atoms with Gasteiger partial charge in [0.15, 0.2) is 0 Å². The summed E-state index contributed by atoms with van der Waals surface area (Å²) in [4.78, 5) is 0. The molecule has 1 spiro atoms. The maximum Gasteiger partial charge on any atom is 0.0690 e. The third kappa shape index (κ3) is 1.99. The largest absolute Gasteiger partial charge is 0.377 e. The molecule has 1 heterocycles. The average molecular weight is 265 g/mol. The summed E-state index contributed by atoms with van der Waals surface area (Å²) in [5.74, 6) is 5.45. The molecular formula is C15H23NOS. The van der Waals surface area contributed by atoms with Gasteiger partial charge in [-0.2, -0.15) is 0 Å². The molecule has 2 nitrogen and oxygen atoms in total. The van der Waals surface area contributed by atoms with E-state index < -0.39 is 0 Å². The van der Waals surface area contributed by atoms with Crippen molar-refractivity contribution in [3.8, 4) is 12.3 Å². The molecule has 3 aliphatic rings. The topological polar surface area (TPSA) is 21.3 Å². The van der Waals surface area contributed by atoms with E-state index in [-0.39, 0.29) is 0 Å². The number of hydrogen-bond acceptors (Lipinski definition) is 3. The summed E-state index contributed by atoms with van der Waals surface area (Å²) in [6.07, 6.45) is 12.7. The molecule has 0 unspecified atom stereocenters. The monoisotopic (exact) mass is 265 g/mol. The Bertz CT molecular complexity index is 332. The molecule has 18 heavy (non-hydrogen) atoms. The van der Waals surface area contributed by atoms with Gasteiger partial charge in [-0.15, -0.1) is 18.2 Å². The van der Waals surface area contributed by atoms with Crippen LogP contribution in [0.25, 0.3) is 0 Å². The molecule has 3 atom stereocenters. The molecule has 1 aliphatic heterocycles. The molecule has 2 aliphatic carbocycles. The second-order valence-corrected chi connectivity index (χ2v) is 6.98. The van der Waals surface area contributed by atoms with E-state index in [0.717, 1.165) is 36.6 Å². The lowest BCUT2D eigenvalue weighted by molar-refractivity contribution is -0.129. The van der Waals surface area contributed by atoms with Crippen LogP contribution in [-0.4, -0.2) is 36.8 Å². The highest BCUT2D eigenvalue weighted by Gasteiger charge is 2.64. The second-order valence-electron chi connectivity index (χ2n) is 5.87. The Kier molecular flexibility index (Phi) is 3.89. The summed E-state index contributed by atoms with van der Waals surface area (Å²) in [5.41, 5.74) is 0.498. The molecule has 0 amide bonds. The van der Waals surface area contributed by atoms with Gasteiger partial charge in [-0.25, -0.2) is 0 Å². The maximum atomic E-state index is 5.99. The number of ether oxygens (including phenoxy) is 1. The molecule has 1 saturated heterocycles. The van der Waals surface area contributed by atoms with E-state index in [2.05, 4.69) is 11.2 Å². The molecule has 3 rings (SSSR count). The number of rotatable bonds is 5. The van der Waals surface area contributed by atoms with Crippen molar-refractivity contribution in [3.05, 3.63) is 0 Å². The first-order valence-electron chi connectivity index (χ1n) is 7.25. The SMILES string of the molecule is C#CCSCCN[C@@H]1[C@@H]2CCO[C@@H]2C12CCCC2. The Hall–Kier alpha value is -0.170. The normalized spacial score (nSPS) is 36.3. The van der Waals surface area contributed by atoms with Crippen molar-refractivity contribution in [2.24, 2.45) is 11.3 Å². The van der Waals surface area contributed by atoms with Gasteiger partial charge in [0, 0.05) is 36.3 Å². The summed E-state index contributed by atoms with van der Waals surface area (Å²) in [7, 11) is 0. The first-order valence-corrected chi connectivity index (χ1v) is 8.40. The van der Waals surface area contributed by atoms with Gasteiger partial charge in [0.25, 0.3) is 0 Å². The van der Waals surface area contributed by atoms with Gasteiger partial charge in [-0.1, -0.05) is 18.8 Å². The number of nitrogens with one attached hydrogen (secondary N) is 1. The zero-order chi connectivity index (χ0) is 12.4. The van der Waals surface area contributed by atoms with E-state index in [0.29, 0.717) is 11.5 Å². The predicted octanol–water partition coefficient (Wildman–Crippen LogP) is 2.29. The van der Waals surface area contributed by atoms with Crippen LogP contribution in [0.1, 0.15) is 32.1 Å². The lowest BCUT2D eigenvalue weighted by atomic mass is 9.54. The summed E-state index contributed by atoms with van der Waals surface area (Å²) < 4.78 is 5.99. The van der Waals surface area contributed by atoms with E-state index in [1.54, 1.807) is 0 Å². The Balaban J connectivity index is 1.52. The Morgan fingerprint density at radius 2 is 2.22 bits per heavy atom. The number of hydrogen-bond donors (Lipinski definition) is 1. The lowest BCUT2D eigenvalue weighted by Crippen LogP contribution is -2.67. The lowest BCUT2D eigenvalue weighted by Gasteiger charge is -2.57. The van der Waals surface area contributed by atoms with Crippen molar-refractivity contribution in [1.82, 2.24) is 5.32 Å². The van der Waals surface area contributed by atoms with Crippen molar-refractivity contribution in [3.63, 3.8) is 0 Å². The molecule has 0 bridgehead atoms. The van der Waals surface area contributed by atoms with Gasteiger partial charge in [0.2, 0.25) is 0 Å².